The van der Waals surface area contributed by atoms with Gasteiger partial charge in [0.15, 0.2) is 0 Å². The maximum Gasteiger partial charge on any atom is 0.127 e. The van der Waals surface area contributed by atoms with Crippen molar-refractivity contribution in [3.05, 3.63) is 58.8 Å². The van der Waals surface area contributed by atoms with E-state index in [9.17, 15) is 0 Å². The Hall–Kier alpha value is -1.94. The van der Waals surface area contributed by atoms with Gasteiger partial charge < -0.3 is 11.1 Å². The van der Waals surface area contributed by atoms with E-state index >= 15 is 0 Å². The molecule has 0 saturated carbocycles. The van der Waals surface area contributed by atoms with Gasteiger partial charge in [-0.1, -0.05) is 36.5 Å². The highest BCUT2D eigenvalue weighted by Crippen LogP contribution is 2.23. The molecule has 1 aromatic heterocycles. The molecule has 1 aliphatic rings. The molecule has 3 nitrogen and oxygen atoms in total. The van der Waals surface area contributed by atoms with Gasteiger partial charge in [0.1, 0.15) is 10.8 Å². The van der Waals surface area contributed by atoms with Crippen LogP contribution in [0.3, 0.4) is 0 Å². The molecule has 0 bridgehead atoms. The summed E-state index contributed by atoms with van der Waals surface area (Å²) < 4.78 is 0. The third-order valence-electron chi connectivity index (χ3n) is 3.94. The van der Waals surface area contributed by atoms with E-state index in [1.807, 2.05) is 19.1 Å². The molecule has 4 heteroatoms. The van der Waals surface area contributed by atoms with Crippen LogP contribution in [0.25, 0.3) is 0 Å². The van der Waals surface area contributed by atoms with Crippen molar-refractivity contribution in [3.8, 4) is 0 Å². The van der Waals surface area contributed by atoms with Gasteiger partial charge in [0, 0.05) is 17.3 Å². The number of aromatic nitrogens is 1. The van der Waals surface area contributed by atoms with Crippen molar-refractivity contribution in [1.29, 1.82) is 0 Å². The summed E-state index contributed by atoms with van der Waals surface area (Å²) in [5, 5.41) is 3.53. The lowest BCUT2D eigenvalue weighted by atomic mass is 9.88. The number of nitrogens with two attached hydrogens (primary N) is 1. The summed E-state index contributed by atoms with van der Waals surface area (Å²) in [6.07, 6.45) is 3.27. The maximum atomic E-state index is 5.72. The summed E-state index contributed by atoms with van der Waals surface area (Å²) in [6, 6.07) is 12.9. The molecule has 0 amide bonds. The molecule has 0 saturated heterocycles. The third kappa shape index (κ3) is 3.22. The summed E-state index contributed by atoms with van der Waals surface area (Å²) in [4.78, 5) is 4.95. The van der Waals surface area contributed by atoms with Crippen LogP contribution in [0.1, 0.15) is 28.8 Å². The summed E-state index contributed by atoms with van der Waals surface area (Å²) >= 11 is 5.06. The number of fused-ring (bicyclic) bond motifs is 1. The quantitative estimate of drug-likeness (QED) is 0.855. The average Bonchev–Trinajstić information content (AvgIpc) is 2.46. The Morgan fingerprint density at radius 1 is 1.29 bits per heavy atom. The van der Waals surface area contributed by atoms with E-state index in [-0.39, 0.29) is 0 Å². The first-order valence-corrected chi connectivity index (χ1v) is 7.64. The molecule has 3 rings (SSSR count). The van der Waals surface area contributed by atoms with Gasteiger partial charge in [0.05, 0.1) is 0 Å². The van der Waals surface area contributed by atoms with E-state index in [4.69, 9.17) is 18.0 Å². The number of nitrogens with zero attached hydrogens (tertiary/aromatic N) is 1. The van der Waals surface area contributed by atoms with Gasteiger partial charge in [-0.05, 0) is 49.4 Å². The van der Waals surface area contributed by atoms with Crippen LogP contribution in [0.2, 0.25) is 0 Å². The number of anilines is 1. The zero-order valence-corrected chi connectivity index (χ0v) is 12.9. The minimum Gasteiger partial charge on any atom is -0.389 e. The monoisotopic (exact) mass is 297 g/mol. The van der Waals surface area contributed by atoms with Crippen LogP contribution in [0.5, 0.6) is 0 Å². The Kier molecular flexibility index (Phi) is 3.88. The molecule has 1 atom stereocenters. The SMILES string of the molecule is Cc1cc(C(N)=S)cc(NC2CCc3ccccc3C2)n1. The van der Waals surface area contributed by atoms with Crippen LogP contribution in [-0.4, -0.2) is 16.0 Å². The molecule has 3 N–H and O–H groups in total. The van der Waals surface area contributed by atoms with Gasteiger partial charge in [0.2, 0.25) is 0 Å². The number of nitrogens with one attached hydrogen (secondary N) is 1. The molecule has 1 aromatic carbocycles. The molecule has 2 aromatic rings. The van der Waals surface area contributed by atoms with Crippen molar-refractivity contribution >= 4 is 23.0 Å². The van der Waals surface area contributed by atoms with Crippen molar-refractivity contribution in [1.82, 2.24) is 4.98 Å². The first-order chi connectivity index (χ1) is 10.1. The summed E-state index contributed by atoms with van der Waals surface area (Å²) in [7, 11) is 0. The molecule has 0 spiro atoms. The lowest BCUT2D eigenvalue weighted by molar-refractivity contribution is 0.608. The number of aryl methyl sites for hydroxylation is 2. The molecule has 21 heavy (non-hydrogen) atoms. The highest BCUT2D eigenvalue weighted by atomic mass is 32.1. The number of hydrogen-bond acceptors (Lipinski definition) is 3. The van der Waals surface area contributed by atoms with Crippen molar-refractivity contribution in [2.45, 2.75) is 32.2 Å². The second kappa shape index (κ2) is 5.82. The van der Waals surface area contributed by atoms with Crippen LogP contribution in [-0.2, 0) is 12.8 Å². The predicted octanol–water partition coefficient (Wildman–Crippen LogP) is 2.99. The van der Waals surface area contributed by atoms with Gasteiger partial charge in [0.25, 0.3) is 0 Å². The Balaban J connectivity index is 1.78. The van der Waals surface area contributed by atoms with Crippen molar-refractivity contribution in [2.75, 3.05) is 5.32 Å². The van der Waals surface area contributed by atoms with Crippen molar-refractivity contribution in [2.24, 2.45) is 5.73 Å². The molecular formula is C17H19N3S. The summed E-state index contributed by atoms with van der Waals surface area (Å²) in [5.74, 6) is 0.863. The molecule has 1 heterocycles. The number of thiocarbonyl (C=S) groups is 1. The van der Waals surface area contributed by atoms with Gasteiger partial charge in [-0.3, -0.25) is 0 Å². The fourth-order valence-corrected chi connectivity index (χ4v) is 3.03. The van der Waals surface area contributed by atoms with Gasteiger partial charge >= 0.3 is 0 Å². The van der Waals surface area contributed by atoms with Crippen molar-refractivity contribution in [3.63, 3.8) is 0 Å². The molecule has 0 fully saturated rings. The second-order valence-electron chi connectivity index (χ2n) is 5.60. The lowest BCUT2D eigenvalue weighted by Gasteiger charge is -2.26. The molecule has 1 aliphatic carbocycles. The summed E-state index contributed by atoms with van der Waals surface area (Å²) in [6.45, 7) is 1.96. The largest absolute Gasteiger partial charge is 0.389 e. The normalized spacial score (nSPS) is 17.1. The molecular weight excluding hydrogens is 278 g/mol. The van der Waals surface area contributed by atoms with E-state index < -0.39 is 0 Å². The highest BCUT2D eigenvalue weighted by Gasteiger charge is 2.18. The van der Waals surface area contributed by atoms with E-state index in [1.165, 1.54) is 11.1 Å². The lowest BCUT2D eigenvalue weighted by Crippen LogP contribution is -2.28. The first-order valence-electron chi connectivity index (χ1n) is 7.23. The van der Waals surface area contributed by atoms with Gasteiger partial charge in [-0.2, -0.15) is 0 Å². The van der Waals surface area contributed by atoms with Gasteiger partial charge in [-0.15, -0.1) is 0 Å². The number of hydrogen-bond donors (Lipinski definition) is 2. The highest BCUT2D eigenvalue weighted by molar-refractivity contribution is 7.80. The topological polar surface area (TPSA) is 50.9 Å². The number of benzene rings is 1. The smallest absolute Gasteiger partial charge is 0.127 e. The minimum atomic E-state index is 0.411. The Morgan fingerprint density at radius 3 is 2.81 bits per heavy atom. The van der Waals surface area contributed by atoms with Crippen LogP contribution in [0, 0.1) is 6.92 Å². The maximum absolute atomic E-state index is 5.72. The van der Waals surface area contributed by atoms with E-state index in [1.54, 1.807) is 0 Å². The van der Waals surface area contributed by atoms with E-state index in [0.29, 0.717) is 11.0 Å². The van der Waals surface area contributed by atoms with Crippen LogP contribution in [0.15, 0.2) is 36.4 Å². The van der Waals surface area contributed by atoms with Crippen LogP contribution in [0.4, 0.5) is 5.82 Å². The molecule has 108 valence electrons. The Morgan fingerprint density at radius 2 is 2.05 bits per heavy atom. The zero-order valence-electron chi connectivity index (χ0n) is 12.1. The Bertz CT molecular complexity index is 681. The average molecular weight is 297 g/mol. The van der Waals surface area contributed by atoms with E-state index in [0.717, 1.165) is 36.3 Å². The molecule has 0 radical (unpaired) electrons. The summed E-state index contributed by atoms with van der Waals surface area (Å²) in [5.41, 5.74) is 10.4. The number of pyridine rings is 1. The Labute approximate surface area is 130 Å². The fourth-order valence-electron chi connectivity index (χ4n) is 2.91. The van der Waals surface area contributed by atoms with Gasteiger partial charge in [-0.25, -0.2) is 4.98 Å². The number of rotatable bonds is 3. The fraction of sp³-hybridized carbons (Fsp3) is 0.294. The predicted molar refractivity (Wildman–Crippen MR) is 90.7 cm³/mol. The first kappa shape index (κ1) is 14.0. The van der Waals surface area contributed by atoms with Crippen LogP contribution < -0.4 is 11.1 Å². The molecule has 0 aliphatic heterocycles. The van der Waals surface area contributed by atoms with E-state index in [2.05, 4.69) is 34.6 Å². The third-order valence-corrected chi connectivity index (χ3v) is 4.17. The zero-order chi connectivity index (χ0) is 14.8. The van der Waals surface area contributed by atoms with Crippen molar-refractivity contribution < 1.29 is 0 Å². The van der Waals surface area contributed by atoms with Crippen LogP contribution >= 0.6 is 12.2 Å². The standard InChI is InChI=1S/C17H19N3S/c1-11-8-14(17(18)21)10-16(19-11)20-15-7-6-12-4-2-3-5-13(12)9-15/h2-5,8,10,15H,6-7,9H2,1H3,(H2,18,21)(H,19,20). The second-order valence-corrected chi connectivity index (χ2v) is 6.04. The molecule has 1 unspecified atom stereocenters. The minimum absolute atomic E-state index is 0.411.